The molecule has 1 aliphatic heterocycles. The third-order valence-corrected chi connectivity index (χ3v) is 2.47. The van der Waals surface area contributed by atoms with Gasteiger partial charge in [-0.2, -0.15) is 0 Å². The van der Waals surface area contributed by atoms with E-state index in [0.29, 0.717) is 13.0 Å². The number of oxime groups is 1. The largest absolute Gasteiger partial charge is 0.392 e. The number of benzene rings is 1. The molecule has 1 aromatic rings. The fourth-order valence-electron chi connectivity index (χ4n) is 1.57. The summed E-state index contributed by atoms with van der Waals surface area (Å²) in [5.74, 6) is 0. The molecule has 5 nitrogen and oxygen atoms in total. The molecule has 82 valence electrons. The summed E-state index contributed by atoms with van der Waals surface area (Å²) in [6.07, 6.45) is 0.578. The molecule has 2 rings (SSSR count). The molecule has 0 aliphatic carbocycles. The third-order valence-electron chi connectivity index (χ3n) is 2.47. The van der Waals surface area contributed by atoms with E-state index < -0.39 is 0 Å². The third kappa shape index (κ3) is 2.32. The lowest BCUT2D eigenvalue weighted by atomic mass is 10.0. The highest BCUT2D eigenvalue weighted by atomic mass is 16.6. The minimum absolute atomic E-state index is 0.118. The second-order valence-electron chi connectivity index (χ2n) is 3.75. The Kier molecular flexibility index (Phi) is 3.08. The molecule has 0 fully saturated rings. The lowest BCUT2D eigenvalue weighted by Crippen LogP contribution is -2.11. The van der Waals surface area contributed by atoms with Crippen LogP contribution in [0.25, 0.3) is 10.4 Å². The van der Waals surface area contributed by atoms with Crippen LogP contribution in [0.15, 0.2) is 34.5 Å². The van der Waals surface area contributed by atoms with Gasteiger partial charge in [-0.25, -0.2) is 0 Å². The number of rotatable bonds is 3. The van der Waals surface area contributed by atoms with Crippen molar-refractivity contribution in [2.45, 2.75) is 19.4 Å². The summed E-state index contributed by atoms with van der Waals surface area (Å²) < 4.78 is 0. The SMILES string of the molecule is Cc1ccc(C2=NO[C@@H](CN=[N+]=[N-])C2)cc1. The van der Waals surface area contributed by atoms with Crippen molar-refractivity contribution in [1.82, 2.24) is 0 Å². The lowest BCUT2D eigenvalue weighted by molar-refractivity contribution is 0.0919. The summed E-state index contributed by atoms with van der Waals surface area (Å²) >= 11 is 0. The number of aryl methyl sites for hydroxylation is 1. The van der Waals surface area contributed by atoms with Crippen molar-refractivity contribution in [3.05, 3.63) is 45.8 Å². The van der Waals surface area contributed by atoms with E-state index in [-0.39, 0.29) is 6.10 Å². The Labute approximate surface area is 93.3 Å². The van der Waals surface area contributed by atoms with Crippen LogP contribution in [0, 0.1) is 6.92 Å². The molecule has 0 amide bonds. The van der Waals surface area contributed by atoms with E-state index in [4.69, 9.17) is 10.4 Å². The van der Waals surface area contributed by atoms with Crippen molar-refractivity contribution >= 4 is 5.71 Å². The van der Waals surface area contributed by atoms with E-state index in [0.717, 1.165) is 11.3 Å². The van der Waals surface area contributed by atoms with E-state index in [1.807, 2.05) is 31.2 Å². The maximum atomic E-state index is 8.21. The Morgan fingerprint density at radius 1 is 1.50 bits per heavy atom. The number of nitrogens with zero attached hydrogens (tertiary/aromatic N) is 4. The van der Waals surface area contributed by atoms with Gasteiger partial charge >= 0.3 is 0 Å². The zero-order valence-electron chi connectivity index (χ0n) is 9.00. The van der Waals surface area contributed by atoms with Crippen molar-refractivity contribution in [2.75, 3.05) is 6.54 Å². The average Bonchev–Trinajstić information content (AvgIpc) is 2.76. The molecule has 1 atom stereocenters. The summed E-state index contributed by atoms with van der Waals surface area (Å²) in [5.41, 5.74) is 11.4. The first-order valence-electron chi connectivity index (χ1n) is 5.10. The van der Waals surface area contributed by atoms with Crippen LogP contribution < -0.4 is 0 Å². The molecule has 0 spiro atoms. The molecular formula is C11H12N4O. The molecule has 5 heteroatoms. The zero-order chi connectivity index (χ0) is 11.4. The molecule has 0 unspecified atom stereocenters. The monoisotopic (exact) mass is 216 g/mol. The predicted molar refractivity (Wildman–Crippen MR) is 61.2 cm³/mol. The van der Waals surface area contributed by atoms with E-state index in [1.165, 1.54) is 5.56 Å². The molecule has 0 saturated carbocycles. The Morgan fingerprint density at radius 3 is 2.94 bits per heavy atom. The van der Waals surface area contributed by atoms with E-state index >= 15 is 0 Å². The normalized spacial score (nSPS) is 18.6. The van der Waals surface area contributed by atoms with Crippen molar-refractivity contribution < 1.29 is 4.84 Å². The number of hydrogen-bond acceptors (Lipinski definition) is 3. The Balaban J connectivity index is 2.02. The zero-order valence-corrected chi connectivity index (χ0v) is 9.00. The van der Waals surface area contributed by atoms with Gasteiger partial charge in [0.15, 0.2) is 0 Å². The lowest BCUT2D eigenvalue weighted by Gasteiger charge is -2.02. The summed E-state index contributed by atoms with van der Waals surface area (Å²) in [5, 5.41) is 7.48. The first-order chi connectivity index (χ1) is 7.79. The molecular weight excluding hydrogens is 204 g/mol. The molecule has 0 saturated heterocycles. The van der Waals surface area contributed by atoms with Crippen LogP contribution in [0.5, 0.6) is 0 Å². The fraction of sp³-hybridized carbons (Fsp3) is 0.364. The summed E-state index contributed by atoms with van der Waals surface area (Å²) in [7, 11) is 0. The van der Waals surface area contributed by atoms with Crippen LogP contribution in [-0.2, 0) is 4.84 Å². The number of azide groups is 1. The second kappa shape index (κ2) is 4.68. The van der Waals surface area contributed by atoms with Crippen molar-refractivity contribution in [2.24, 2.45) is 10.3 Å². The van der Waals surface area contributed by atoms with E-state index in [9.17, 15) is 0 Å². The summed E-state index contributed by atoms with van der Waals surface area (Å²) in [6, 6.07) is 8.12. The van der Waals surface area contributed by atoms with Crippen molar-refractivity contribution in [1.29, 1.82) is 0 Å². The minimum Gasteiger partial charge on any atom is -0.392 e. The second-order valence-corrected chi connectivity index (χ2v) is 3.75. The van der Waals surface area contributed by atoms with E-state index in [1.54, 1.807) is 0 Å². The Morgan fingerprint density at radius 2 is 2.25 bits per heavy atom. The first-order valence-corrected chi connectivity index (χ1v) is 5.10. The molecule has 0 radical (unpaired) electrons. The average molecular weight is 216 g/mol. The van der Waals surface area contributed by atoms with Gasteiger partial charge in [0, 0.05) is 11.3 Å². The number of hydrogen-bond donors (Lipinski definition) is 0. The van der Waals surface area contributed by atoms with Crippen LogP contribution >= 0.6 is 0 Å². The Bertz CT molecular complexity index is 446. The van der Waals surface area contributed by atoms with Crippen LogP contribution in [0.2, 0.25) is 0 Å². The fourth-order valence-corrected chi connectivity index (χ4v) is 1.57. The van der Waals surface area contributed by atoms with Gasteiger partial charge in [-0.05, 0) is 18.0 Å². The smallest absolute Gasteiger partial charge is 0.138 e. The highest BCUT2D eigenvalue weighted by Gasteiger charge is 2.21. The summed E-state index contributed by atoms with van der Waals surface area (Å²) in [4.78, 5) is 7.88. The van der Waals surface area contributed by atoms with Gasteiger partial charge in [0.25, 0.3) is 0 Å². The summed E-state index contributed by atoms with van der Waals surface area (Å²) in [6.45, 7) is 2.37. The minimum atomic E-state index is -0.118. The Hall–Kier alpha value is -2.00. The van der Waals surface area contributed by atoms with Gasteiger partial charge < -0.3 is 4.84 Å². The van der Waals surface area contributed by atoms with Gasteiger partial charge in [0.2, 0.25) is 0 Å². The molecule has 1 aliphatic rings. The molecule has 0 aromatic heterocycles. The van der Waals surface area contributed by atoms with Gasteiger partial charge in [-0.3, -0.25) is 0 Å². The maximum absolute atomic E-state index is 8.21. The van der Waals surface area contributed by atoms with Crippen LogP contribution in [0.1, 0.15) is 17.5 Å². The molecule has 0 bridgehead atoms. The molecule has 1 aromatic carbocycles. The molecule has 16 heavy (non-hydrogen) atoms. The van der Waals surface area contributed by atoms with Crippen LogP contribution in [-0.4, -0.2) is 18.4 Å². The van der Waals surface area contributed by atoms with Crippen LogP contribution in [0.3, 0.4) is 0 Å². The van der Waals surface area contributed by atoms with Gasteiger partial charge in [0.1, 0.15) is 6.10 Å². The molecule has 1 heterocycles. The maximum Gasteiger partial charge on any atom is 0.138 e. The van der Waals surface area contributed by atoms with Crippen molar-refractivity contribution in [3.63, 3.8) is 0 Å². The van der Waals surface area contributed by atoms with E-state index in [2.05, 4.69) is 15.2 Å². The topological polar surface area (TPSA) is 70.4 Å². The van der Waals surface area contributed by atoms with Crippen LogP contribution in [0.4, 0.5) is 0 Å². The quantitative estimate of drug-likeness (QED) is 0.435. The van der Waals surface area contributed by atoms with Crippen molar-refractivity contribution in [3.8, 4) is 0 Å². The highest BCUT2D eigenvalue weighted by molar-refractivity contribution is 6.01. The van der Waals surface area contributed by atoms with Gasteiger partial charge in [-0.15, -0.1) is 0 Å². The first kappa shape index (κ1) is 10.5. The standard InChI is InChI=1S/C11H12N4O/c1-8-2-4-9(5-3-8)11-6-10(16-14-11)7-13-15-12/h2-5,10H,6-7H2,1H3/t10-/m1/s1. The highest BCUT2D eigenvalue weighted by Crippen LogP contribution is 2.17. The van der Waals surface area contributed by atoms with Gasteiger partial charge in [0.05, 0.1) is 12.3 Å². The predicted octanol–water partition coefficient (Wildman–Crippen LogP) is 2.80. The van der Waals surface area contributed by atoms with Gasteiger partial charge in [-0.1, -0.05) is 40.1 Å². The molecule has 0 N–H and O–H groups in total.